The van der Waals surface area contributed by atoms with Gasteiger partial charge in [0.25, 0.3) is 0 Å². The Morgan fingerprint density at radius 1 is 1.21 bits per heavy atom. The van der Waals surface area contributed by atoms with E-state index in [1.807, 2.05) is 30.3 Å². The number of hydrogen-bond acceptors (Lipinski definition) is 3. The van der Waals surface area contributed by atoms with Crippen LogP contribution in [0.15, 0.2) is 48.5 Å². The Hall–Kier alpha value is -2.38. The number of hydrogen-bond donors (Lipinski definition) is 2. The van der Waals surface area contributed by atoms with Gasteiger partial charge in [-0.1, -0.05) is 36.4 Å². The number of nitriles is 1. The van der Waals surface area contributed by atoms with Gasteiger partial charge in [-0.25, -0.2) is 4.39 Å². The smallest absolute Gasteiger partial charge is 0.165 e. The maximum atomic E-state index is 13.3. The summed E-state index contributed by atoms with van der Waals surface area (Å²) < 4.78 is 13.3. The molecule has 0 bridgehead atoms. The molecular formula is C15H13FN2O. The predicted molar refractivity (Wildman–Crippen MR) is 69.7 cm³/mol. The third-order valence-electron chi connectivity index (χ3n) is 2.79. The Kier molecular flexibility index (Phi) is 4.11. The lowest BCUT2D eigenvalue weighted by atomic mass is 10.1. The van der Waals surface area contributed by atoms with Crippen LogP contribution in [0.1, 0.15) is 17.2 Å². The summed E-state index contributed by atoms with van der Waals surface area (Å²) in [5.41, 5.74) is 1.54. The summed E-state index contributed by atoms with van der Waals surface area (Å²) in [6.45, 7) is 0.515. The third kappa shape index (κ3) is 3.30. The largest absolute Gasteiger partial charge is 0.505 e. The highest BCUT2D eigenvalue weighted by Crippen LogP contribution is 2.20. The normalized spacial score (nSPS) is 11.8. The van der Waals surface area contributed by atoms with Gasteiger partial charge in [-0.3, -0.25) is 5.32 Å². The molecule has 4 heteroatoms. The first-order chi connectivity index (χ1) is 9.20. The zero-order valence-corrected chi connectivity index (χ0v) is 10.2. The Balaban J connectivity index is 2.08. The van der Waals surface area contributed by atoms with Crippen LogP contribution < -0.4 is 5.32 Å². The molecule has 2 N–H and O–H groups in total. The fourth-order valence-electron chi connectivity index (χ4n) is 1.76. The number of halogens is 1. The van der Waals surface area contributed by atoms with Crippen molar-refractivity contribution < 1.29 is 9.50 Å². The lowest BCUT2D eigenvalue weighted by Crippen LogP contribution is -2.19. The van der Waals surface area contributed by atoms with Crippen LogP contribution in [0.25, 0.3) is 0 Å². The van der Waals surface area contributed by atoms with Gasteiger partial charge < -0.3 is 5.11 Å². The fourth-order valence-corrected chi connectivity index (χ4v) is 1.76. The van der Waals surface area contributed by atoms with Crippen molar-refractivity contribution in [3.8, 4) is 11.8 Å². The van der Waals surface area contributed by atoms with Gasteiger partial charge in [-0.2, -0.15) is 5.26 Å². The minimum absolute atomic E-state index is 0.413. The molecule has 0 aliphatic carbocycles. The topological polar surface area (TPSA) is 56.0 Å². The lowest BCUT2D eigenvalue weighted by Gasteiger charge is -2.12. The highest BCUT2D eigenvalue weighted by Gasteiger charge is 2.12. The van der Waals surface area contributed by atoms with Crippen molar-refractivity contribution >= 4 is 0 Å². The van der Waals surface area contributed by atoms with Crippen molar-refractivity contribution in [1.82, 2.24) is 5.32 Å². The SMILES string of the molecule is N#CC(NCc1ccccc1)c1ccc(O)c(F)c1. The van der Waals surface area contributed by atoms with Crippen LogP contribution in [0.5, 0.6) is 5.75 Å². The fraction of sp³-hybridized carbons (Fsp3) is 0.133. The first kappa shape index (κ1) is 13.1. The lowest BCUT2D eigenvalue weighted by molar-refractivity contribution is 0.431. The van der Waals surface area contributed by atoms with E-state index in [2.05, 4.69) is 11.4 Å². The number of nitrogens with zero attached hydrogens (tertiary/aromatic N) is 1. The van der Waals surface area contributed by atoms with E-state index in [1.165, 1.54) is 18.2 Å². The molecule has 0 amide bonds. The second-order valence-corrected chi connectivity index (χ2v) is 4.14. The minimum atomic E-state index is -0.723. The second-order valence-electron chi connectivity index (χ2n) is 4.14. The van der Waals surface area contributed by atoms with Crippen molar-refractivity contribution in [2.45, 2.75) is 12.6 Å². The maximum absolute atomic E-state index is 13.3. The van der Waals surface area contributed by atoms with Crippen LogP contribution in [0.4, 0.5) is 4.39 Å². The predicted octanol–water partition coefficient (Wildman–Crippen LogP) is 2.89. The van der Waals surface area contributed by atoms with Gasteiger partial charge in [0.1, 0.15) is 6.04 Å². The highest BCUT2D eigenvalue weighted by atomic mass is 19.1. The van der Waals surface area contributed by atoms with Gasteiger partial charge in [-0.05, 0) is 23.3 Å². The van der Waals surface area contributed by atoms with Crippen molar-refractivity contribution in [2.75, 3.05) is 0 Å². The zero-order valence-electron chi connectivity index (χ0n) is 10.2. The van der Waals surface area contributed by atoms with E-state index in [0.29, 0.717) is 12.1 Å². The van der Waals surface area contributed by atoms with Crippen molar-refractivity contribution in [3.05, 3.63) is 65.5 Å². The van der Waals surface area contributed by atoms with Gasteiger partial charge >= 0.3 is 0 Å². The number of phenolic OH excluding ortho intramolecular Hbond substituents is 1. The van der Waals surface area contributed by atoms with E-state index in [1.54, 1.807) is 0 Å². The summed E-state index contributed by atoms with van der Waals surface area (Å²) in [6, 6.07) is 15.0. The van der Waals surface area contributed by atoms with Gasteiger partial charge in [0, 0.05) is 6.54 Å². The molecule has 19 heavy (non-hydrogen) atoms. The molecule has 0 saturated heterocycles. The summed E-state index contributed by atoms with van der Waals surface area (Å²) in [5, 5.41) is 21.3. The van der Waals surface area contributed by atoms with E-state index in [9.17, 15) is 4.39 Å². The quantitative estimate of drug-likeness (QED) is 0.884. The van der Waals surface area contributed by atoms with E-state index < -0.39 is 17.6 Å². The molecule has 0 spiro atoms. The zero-order chi connectivity index (χ0) is 13.7. The van der Waals surface area contributed by atoms with E-state index in [0.717, 1.165) is 5.56 Å². The number of phenols is 1. The number of nitrogens with one attached hydrogen (secondary N) is 1. The van der Waals surface area contributed by atoms with Crippen LogP contribution in [-0.2, 0) is 6.54 Å². The highest BCUT2D eigenvalue weighted by molar-refractivity contribution is 5.32. The van der Waals surface area contributed by atoms with Crippen LogP contribution in [0.3, 0.4) is 0 Å². The Bertz CT molecular complexity index is 593. The number of aromatic hydroxyl groups is 1. The van der Waals surface area contributed by atoms with E-state index in [4.69, 9.17) is 10.4 Å². The molecule has 0 aromatic heterocycles. The van der Waals surface area contributed by atoms with Crippen molar-refractivity contribution in [1.29, 1.82) is 5.26 Å². The monoisotopic (exact) mass is 256 g/mol. The van der Waals surface area contributed by atoms with Crippen LogP contribution in [-0.4, -0.2) is 5.11 Å². The molecule has 2 aromatic carbocycles. The average Bonchev–Trinajstić information content (AvgIpc) is 2.44. The van der Waals surface area contributed by atoms with Gasteiger partial charge in [0.15, 0.2) is 11.6 Å². The summed E-state index contributed by atoms with van der Waals surface area (Å²) >= 11 is 0. The van der Waals surface area contributed by atoms with Gasteiger partial charge in [0.2, 0.25) is 0 Å². The first-order valence-electron chi connectivity index (χ1n) is 5.86. The summed E-state index contributed by atoms with van der Waals surface area (Å²) in [5.74, 6) is -1.14. The molecular weight excluding hydrogens is 243 g/mol. The molecule has 1 atom stereocenters. The van der Waals surface area contributed by atoms with Crippen molar-refractivity contribution in [2.24, 2.45) is 0 Å². The molecule has 1 unspecified atom stereocenters. The number of rotatable bonds is 4. The molecule has 0 saturated carbocycles. The molecule has 3 nitrogen and oxygen atoms in total. The van der Waals surface area contributed by atoms with Crippen LogP contribution in [0.2, 0.25) is 0 Å². The second kappa shape index (κ2) is 5.98. The third-order valence-corrected chi connectivity index (χ3v) is 2.79. The van der Waals surface area contributed by atoms with Gasteiger partial charge in [-0.15, -0.1) is 0 Å². The molecule has 0 aliphatic heterocycles. The Morgan fingerprint density at radius 3 is 2.58 bits per heavy atom. The molecule has 0 aliphatic rings. The number of benzene rings is 2. The molecule has 0 radical (unpaired) electrons. The maximum Gasteiger partial charge on any atom is 0.165 e. The Labute approximate surface area is 110 Å². The summed E-state index contributed by atoms with van der Waals surface area (Å²) in [6.07, 6.45) is 0. The van der Waals surface area contributed by atoms with Gasteiger partial charge in [0.05, 0.1) is 6.07 Å². The average molecular weight is 256 g/mol. The van der Waals surface area contributed by atoms with E-state index >= 15 is 0 Å². The molecule has 0 heterocycles. The molecule has 0 fully saturated rings. The molecule has 2 aromatic rings. The standard InChI is InChI=1S/C15H13FN2O/c16-13-8-12(6-7-15(13)19)14(9-17)18-10-11-4-2-1-3-5-11/h1-8,14,18-19H,10H2. The molecule has 2 rings (SSSR count). The summed E-state index contributed by atoms with van der Waals surface area (Å²) in [7, 11) is 0. The Morgan fingerprint density at radius 2 is 1.95 bits per heavy atom. The summed E-state index contributed by atoms with van der Waals surface area (Å²) in [4.78, 5) is 0. The van der Waals surface area contributed by atoms with Crippen LogP contribution in [0, 0.1) is 17.1 Å². The molecule has 96 valence electrons. The first-order valence-corrected chi connectivity index (χ1v) is 5.86. The minimum Gasteiger partial charge on any atom is -0.505 e. The van der Waals surface area contributed by atoms with Crippen molar-refractivity contribution in [3.63, 3.8) is 0 Å². The van der Waals surface area contributed by atoms with E-state index in [-0.39, 0.29) is 0 Å². The van der Waals surface area contributed by atoms with Crippen LogP contribution >= 0.6 is 0 Å².